The fraction of sp³-hybridized carbons (Fsp3) is 0.267. The van der Waals surface area contributed by atoms with E-state index in [1.165, 1.54) is 5.56 Å². The highest BCUT2D eigenvalue weighted by Gasteiger charge is 2.20. The molecule has 0 aliphatic carbocycles. The van der Waals surface area contributed by atoms with Gasteiger partial charge in [0.2, 0.25) is 0 Å². The fourth-order valence-electron chi connectivity index (χ4n) is 2.38. The lowest BCUT2D eigenvalue weighted by atomic mass is 10.1. The summed E-state index contributed by atoms with van der Waals surface area (Å²) in [6.45, 7) is 2.08. The number of rotatable bonds is 3. The molecule has 0 radical (unpaired) electrons. The molecule has 2 aromatic heterocycles. The van der Waals surface area contributed by atoms with E-state index in [4.69, 9.17) is 4.42 Å². The molecular formula is C15H17N3O. The van der Waals surface area contributed by atoms with Gasteiger partial charge in [0, 0.05) is 24.8 Å². The third-order valence-corrected chi connectivity index (χ3v) is 3.38. The van der Waals surface area contributed by atoms with Crippen molar-refractivity contribution in [2.75, 3.05) is 7.05 Å². The largest absolute Gasteiger partial charge is 0.459 e. The van der Waals surface area contributed by atoms with Crippen molar-refractivity contribution in [3.8, 4) is 0 Å². The van der Waals surface area contributed by atoms with Crippen LogP contribution in [0.25, 0.3) is 11.0 Å². The number of aromatic nitrogens is 2. The van der Waals surface area contributed by atoms with Crippen LogP contribution in [0.15, 0.2) is 41.1 Å². The highest BCUT2D eigenvalue weighted by atomic mass is 16.3. The van der Waals surface area contributed by atoms with Crippen molar-refractivity contribution in [1.29, 1.82) is 0 Å². The maximum Gasteiger partial charge on any atom is 0.134 e. The molecule has 1 atom stereocenters. The second-order valence-corrected chi connectivity index (χ2v) is 4.81. The molecule has 0 saturated carbocycles. The normalized spacial score (nSPS) is 13.0. The van der Waals surface area contributed by atoms with Crippen LogP contribution in [-0.4, -0.2) is 16.6 Å². The minimum absolute atomic E-state index is 0.0345. The molecule has 1 aromatic carbocycles. The third-order valence-electron chi connectivity index (χ3n) is 3.38. The van der Waals surface area contributed by atoms with Crippen LogP contribution in [0.3, 0.4) is 0 Å². The van der Waals surface area contributed by atoms with Gasteiger partial charge in [-0.05, 0) is 32.2 Å². The number of furan rings is 1. The monoisotopic (exact) mass is 255 g/mol. The number of aryl methyl sites for hydroxylation is 2. The van der Waals surface area contributed by atoms with Crippen LogP contribution in [-0.2, 0) is 7.05 Å². The van der Waals surface area contributed by atoms with Crippen molar-refractivity contribution in [2.45, 2.75) is 13.0 Å². The topological polar surface area (TPSA) is 43.0 Å². The first-order valence-corrected chi connectivity index (χ1v) is 6.33. The molecular weight excluding hydrogens is 238 g/mol. The molecule has 0 bridgehead atoms. The van der Waals surface area contributed by atoms with E-state index in [0.29, 0.717) is 0 Å². The first-order valence-electron chi connectivity index (χ1n) is 6.33. The summed E-state index contributed by atoms with van der Waals surface area (Å²) in [5.41, 5.74) is 2.15. The Morgan fingerprint density at radius 2 is 2.16 bits per heavy atom. The van der Waals surface area contributed by atoms with E-state index in [1.54, 1.807) is 6.20 Å². The second kappa shape index (κ2) is 4.55. The zero-order chi connectivity index (χ0) is 13.4. The molecule has 1 N–H and O–H groups in total. The quantitative estimate of drug-likeness (QED) is 0.782. The van der Waals surface area contributed by atoms with Gasteiger partial charge in [0.25, 0.3) is 0 Å². The van der Waals surface area contributed by atoms with Crippen LogP contribution in [0.5, 0.6) is 0 Å². The third kappa shape index (κ3) is 2.04. The molecule has 3 rings (SSSR count). The maximum absolute atomic E-state index is 5.94. The smallest absolute Gasteiger partial charge is 0.134 e. The predicted octanol–water partition coefficient (Wildman–Crippen LogP) is 2.78. The molecule has 2 heterocycles. The molecule has 98 valence electrons. The van der Waals surface area contributed by atoms with Gasteiger partial charge in [-0.1, -0.05) is 11.6 Å². The fourth-order valence-corrected chi connectivity index (χ4v) is 2.38. The molecule has 4 heteroatoms. The molecule has 0 fully saturated rings. The molecule has 0 saturated heterocycles. The minimum Gasteiger partial charge on any atom is -0.459 e. The van der Waals surface area contributed by atoms with Gasteiger partial charge in [0.15, 0.2) is 0 Å². The summed E-state index contributed by atoms with van der Waals surface area (Å²) in [5, 5.41) is 4.39. The number of nitrogens with zero attached hydrogens (tertiary/aromatic N) is 2. The Kier molecular flexibility index (Phi) is 2.87. The van der Waals surface area contributed by atoms with E-state index < -0.39 is 0 Å². The Balaban J connectivity index is 2.09. The van der Waals surface area contributed by atoms with Crippen LogP contribution in [0, 0.1) is 6.92 Å². The minimum atomic E-state index is -0.0345. The molecule has 0 spiro atoms. The first-order chi connectivity index (χ1) is 9.19. The number of fused-ring (bicyclic) bond motifs is 1. The summed E-state index contributed by atoms with van der Waals surface area (Å²) < 4.78 is 7.94. The number of hydrogen-bond donors (Lipinski definition) is 1. The van der Waals surface area contributed by atoms with E-state index in [1.807, 2.05) is 30.9 Å². The van der Waals surface area contributed by atoms with Crippen molar-refractivity contribution in [2.24, 2.45) is 7.05 Å². The first kappa shape index (κ1) is 12.0. The summed E-state index contributed by atoms with van der Waals surface area (Å²) in [4.78, 5) is 4.39. The number of hydrogen-bond acceptors (Lipinski definition) is 3. The Labute approximate surface area is 112 Å². The molecule has 0 aliphatic rings. The number of imidazole rings is 1. The van der Waals surface area contributed by atoms with Crippen molar-refractivity contribution in [3.05, 3.63) is 53.8 Å². The van der Waals surface area contributed by atoms with Gasteiger partial charge >= 0.3 is 0 Å². The predicted molar refractivity (Wildman–Crippen MR) is 75.1 cm³/mol. The SMILES string of the molecule is CNC(c1cc2cc(C)ccc2o1)c1nccn1C. The molecule has 0 amide bonds. The summed E-state index contributed by atoms with van der Waals surface area (Å²) in [7, 11) is 3.90. The molecule has 1 unspecified atom stereocenters. The van der Waals surface area contributed by atoms with Gasteiger partial charge in [-0.25, -0.2) is 4.98 Å². The van der Waals surface area contributed by atoms with Gasteiger partial charge in [-0.15, -0.1) is 0 Å². The van der Waals surface area contributed by atoms with Gasteiger partial charge in [-0.2, -0.15) is 0 Å². The maximum atomic E-state index is 5.94. The van der Waals surface area contributed by atoms with Crippen molar-refractivity contribution < 1.29 is 4.42 Å². The van der Waals surface area contributed by atoms with Gasteiger partial charge in [0.05, 0.1) is 0 Å². The van der Waals surface area contributed by atoms with Crippen LogP contribution >= 0.6 is 0 Å². The van der Waals surface area contributed by atoms with E-state index in [-0.39, 0.29) is 6.04 Å². The van der Waals surface area contributed by atoms with Crippen LogP contribution in [0.4, 0.5) is 0 Å². The van der Waals surface area contributed by atoms with E-state index in [9.17, 15) is 0 Å². The summed E-state index contributed by atoms with van der Waals surface area (Å²) in [5.74, 6) is 1.83. The lowest BCUT2D eigenvalue weighted by Gasteiger charge is -2.12. The Morgan fingerprint density at radius 1 is 1.32 bits per heavy atom. The van der Waals surface area contributed by atoms with Crippen LogP contribution < -0.4 is 5.32 Å². The van der Waals surface area contributed by atoms with Crippen LogP contribution in [0.2, 0.25) is 0 Å². The van der Waals surface area contributed by atoms with Crippen molar-refractivity contribution in [3.63, 3.8) is 0 Å². The summed E-state index contributed by atoms with van der Waals surface area (Å²) in [6, 6.07) is 8.25. The average Bonchev–Trinajstić information content (AvgIpc) is 2.97. The van der Waals surface area contributed by atoms with Gasteiger partial charge in [-0.3, -0.25) is 0 Å². The lowest BCUT2D eigenvalue weighted by Crippen LogP contribution is -2.20. The average molecular weight is 255 g/mol. The number of benzene rings is 1. The number of nitrogens with one attached hydrogen (secondary N) is 1. The Bertz CT molecular complexity index is 711. The Morgan fingerprint density at radius 3 is 2.84 bits per heavy atom. The second-order valence-electron chi connectivity index (χ2n) is 4.81. The standard InChI is InChI=1S/C15H17N3O/c1-10-4-5-12-11(8-10)9-13(19-12)14(16-2)15-17-6-7-18(15)3/h4-9,14,16H,1-3H3. The molecule has 0 aliphatic heterocycles. The van der Waals surface area contributed by atoms with Crippen LogP contribution in [0.1, 0.15) is 23.2 Å². The highest BCUT2D eigenvalue weighted by molar-refractivity contribution is 5.78. The highest BCUT2D eigenvalue weighted by Crippen LogP contribution is 2.27. The molecule has 4 nitrogen and oxygen atoms in total. The Hall–Kier alpha value is -2.07. The van der Waals surface area contributed by atoms with Gasteiger partial charge < -0.3 is 14.3 Å². The van der Waals surface area contributed by atoms with Crippen molar-refractivity contribution >= 4 is 11.0 Å². The summed E-state index contributed by atoms with van der Waals surface area (Å²) >= 11 is 0. The van der Waals surface area contributed by atoms with E-state index in [0.717, 1.165) is 22.6 Å². The van der Waals surface area contributed by atoms with Crippen molar-refractivity contribution in [1.82, 2.24) is 14.9 Å². The zero-order valence-electron chi connectivity index (χ0n) is 11.3. The molecule has 3 aromatic rings. The van der Waals surface area contributed by atoms with Gasteiger partial charge in [0.1, 0.15) is 23.2 Å². The zero-order valence-corrected chi connectivity index (χ0v) is 11.3. The van der Waals surface area contributed by atoms with E-state index >= 15 is 0 Å². The lowest BCUT2D eigenvalue weighted by molar-refractivity contribution is 0.472. The van der Waals surface area contributed by atoms with E-state index in [2.05, 4.69) is 35.4 Å². The summed E-state index contributed by atoms with van der Waals surface area (Å²) in [6.07, 6.45) is 3.74. The molecule has 19 heavy (non-hydrogen) atoms.